The second kappa shape index (κ2) is 7.07. The van der Waals surface area contributed by atoms with E-state index in [1.54, 1.807) is 25.3 Å². The lowest BCUT2D eigenvalue weighted by molar-refractivity contribution is 0.0942. The number of nitrogens with zero attached hydrogens (tertiary/aromatic N) is 2. The maximum absolute atomic E-state index is 12.2. The minimum Gasteiger partial charge on any atom is -0.495 e. The topological polar surface area (TPSA) is 32.8 Å². The van der Waals surface area contributed by atoms with Crippen molar-refractivity contribution in [2.45, 2.75) is 6.42 Å². The molecule has 5 heteroatoms. The van der Waals surface area contributed by atoms with Gasteiger partial charge in [0.05, 0.1) is 12.1 Å². The first kappa shape index (κ1) is 15.3. The van der Waals surface area contributed by atoms with Gasteiger partial charge in [-0.1, -0.05) is 11.6 Å². The predicted octanol–water partition coefficient (Wildman–Crippen LogP) is 2.17. The average molecular weight is 297 g/mol. The van der Waals surface area contributed by atoms with Crippen LogP contribution in [0.4, 0.5) is 0 Å². The summed E-state index contributed by atoms with van der Waals surface area (Å²) < 4.78 is 5.09. The van der Waals surface area contributed by atoms with Crippen molar-refractivity contribution in [1.82, 2.24) is 9.80 Å². The van der Waals surface area contributed by atoms with E-state index in [2.05, 4.69) is 16.8 Å². The number of carbonyl (C=O) groups is 1. The van der Waals surface area contributed by atoms with Gasteiger partial charge in [-0.15, -0.1) is 0 Å². The highest BCUT2D eigenvalue weighted by atomic mass is 35.5. The van der Waals surface area contributed by atoms with Gasteiger partial charge in [0.1, 0.15) is 5.75 Å². The summed E-state index contributed by atoms with van der Waals surface area (Å²) in [5.41, 5.74) is 0.657. The lowest BCUT2D eigenvalue weighted by Crippen LogP contribution is -2.45. The average Bonchev–Trinajstić information content (AvgIpc) is 2.46. The van der Waals surface area contributed by atoms with Gasteiger partial charge in [0.2, 0.25) is 0 Å². The van der Waals surface area contributed by atoms with Gasteiger partial charge in [0, 0.05) is 44.7 Å². The predicted molar refractivity (Wildman–Crippen MR) is 80.9 cm³/mol. The molecule has 0 atom stereocenters. The van der Waals surface area contributed by atoms with Gasteiger partial charge in [-0.3, -0.25) is 4.79 Å². The monoisotopic (exact) mass is 296 g/mol. The lowest BCUT2D eigenvalue weighted by Gasteiger charge is -2.32. The molecule has 0 N–H and O–H groups in total. The highest BCUT2D eigenvalue weighted by molar-refractivity contribution is 6.32. The number of ether oxygens (including phenoxy) is 1. The van der Waals surface area contributed by atoms with Crippen LogP contribution in [0.1, 0.15) is 16.8 Å². The van der Waals surface area contributed by atoms with Crippen molar-refractivity contribution < 1.29 is 9.53 Å². The molecule has 1 aliphatic heterocycles. The Labute approximate surface area is 125 Å². The van der Waals surface area contributed by atoms with Crippen molar-refractivity contribution in [2.24, 2.45) is 0 Å². The van der Waals surface area contributed by atoms with Gasteiger partial charge in [-0.25, -0.2) is 0 Å². The van der Waals surface area contributed by atoms with Crippen LogP contribution in [0.3, 0.4) is 0 Å². The number of piperazine rings is 1. The summed E-state index contributed by atoms with van der Waals surface area (Å²) in [6.07, 6.45) is 0.534. The van der Waals surface area contributed by atoms with Crippen molar-refractivity contribution in [3.8, 4) is 5.75 Å². The molecule has 0 aliphatic carbocycles. The minimum absolute atomic E-state index is 0.133. The summed E-state index contributed by atoms with van der Waals surface area (Å²) in [6, 6.07) is 5.20. The largest absolute Gasteiger partial charge is 0.495 e. The maximum Gasteiger partial charge on any atom is 0.164 e. The molecular formula is C15H21ClN2O2. The molecule has 0 radical (unpaired) electrons. The van der Waals surface area contributed by atoms with Crippen LogP contribution in [0.2, 0.25) is 5.02 Å². The first-order valence-corrected chi connectivity index (χ1v) is 7.25. The fourth-order valence-corrected chi connectivity index (χ4v) is 2.57. The van der Waals surface area contributed by atoms with Gasteiger partial charge in [0.15, 0.2) is 5.78 Å². The van der Waals surface area contributed by atoms with Gasteiger partial charge < -0.3 is 14.5 Å². The van der Waals surface area contributed by atoms with Crippen molar-refractivity contribution >= 4 is 17.4 Å². The number of Topliss-reactive ketones (excluding diaryl/α,β-unsaturated/α-hetero) is 1. The number of benzene rings is 1. The fourth-order valence-electron chi connectivity index (χ4n) is 2.32. The zero-order valence-corrected chi connectivity index (χ0v) is 12.8. The Hall–Kier alpha value is -1.10. The Morgan fingerprint density at radius 1 is 1.30 bits per heavy atom. The Morgan fingerprint density at radius 3 is 2.60 bits per heavy atom. The number of methoxy groups -OCH3 is 1. The van der Waals surface area contributed by atoms with Gasteiger partial charge in [0.25, 0.3) is 0 Å². The summed E-state index contributed by atoms with van der Waals surface area (Å²) in [5.74, 6) is 0.732. The second-order valence-corrected chi connectivity index (χ2v) is 5.57. The van der Waals surface area contributed by atoms with E-state index in [1.807, 2.05) is 0 Å². The molecule has 1 saturated heterocycles. The van der Waals surface area contributed by atoms with Gasteiger partial charge in [-0.2, -0.15) is 0 Å². The zero-order valence-electron chi connectivity index (χ0n) is 12.1. The van der Waals surface area contributed by atoms with E-state index in [1.165, 1.54) is 0 Å². The highest BCUT2D eigenvalue weighted by Crippen LogP contribution is 2.25. The number of hydrogen-bond acceptors (Lipinski definition) is 4. The van der Waals surface area contributed by atoms with Crippen LogP contribution in [0, 0.1) is 0 Å². The molecule has 1 aromatic carbocycles. The lowest BCUT2D eigenvalue weighted by atomic mass is 10.1. The molecule has 1 fully saturated rings. The van der Waals surface area contributed by atoms with Crippen LogP contribution in [0.5, 0.6) is 5.75 Å². The first-order valence-electron chi connectivity index (χ1n) is 6.88. The Kier molecular flexibility index (Phi) is 5.40. The molecule has 1 aliphatic rings. The normalized spacial score (nSPS) is 17.1. The van der Waals surface area contributed by atoms with Crippen LogP contribution < -0.4 is 4.74 Å². The number of hydrogen-bond donors (Lipinski definition) is 0. The standard InChI is InChI=1S/C15H21ClN2O2/c1-17-7-9-18(10-8-17)6-5-14(19)12-3-4-15(20-2)13(16)11-12/h3-4,11H,5-10H2,1-2H3. The summed E-state index contributed by atoms with van der Waals surface area (Å²) in [5, 5.41) is 0.484. The number of ketones is 1. The third-order valence-corrected chi connectivity index (χ3v) is 4.02. The molecule has 1 aromatic rings. The number of rotatable bonds is 5. The van der Waals surface area contributed by atoms with Crippen molar-refractivity contribution in [1.29, 1.82) is 0 Å². The van der Waals surface area contributed by atoms with Crippen molar-refractivity contribution in [3.63, 3.8) is 0 Å². The summed E-state index contributed by atoms with van der Waals surface area (Å²) in [6.45, 7) is 5.03. The second-order valence-electron chi connectivity index (χ2n) is 5.17. The number of likely N-dealkylation sites (N-methyl/N-ethyl adjacent to an activating group) is 1. The van der Waals surface area contributed by atoms with E-state index in [4.69, 9.17) is 16.3 Å². The van der Waals surface area contributed by atoms with Crippen LogP contribution in [-0.2, 0) is 0 Å². The maximum atomic E-state index is 12.2. The molecule has 0 saturated carbocycles. The van der Waals surface area contributed by atoms with Gasteiger partial charge in [-0.05, 0) is 25.2 Å². The van der Waals surface area contributed by atoms with E-state index in [9.17, 15) is 4.79 Å². The highest BCUT2D eigenvalue weighted by Gasteiger charge is 2.15. The quantitative estimate of drug-likeness (QED) is 0.780. The number of halogens is 1. The summed E-state index contributed by atoms with van der Waals surface area (Å²) in [4.78, 5) is 16.8. The van der Waals surface area contributed by atoms with Crippen molar-refractivity contribution in [2.75, 3.05) is 46.9 Å². The molecule has 0 unspecified atom stereocenters. The fraction of sp³-hybridized carbons (Fsp3) is 0.533. The minimum atomic E-state index is 0.133. The molecule has 0 amide bonds. The van der Waals surface area contributed by atoms with E-state index in [0.29, 0.717) is 22.8 Å². The smallest absolute Gasteiger partial charge is 0.164 e. The molecule has 20 heavy (non-hydrogen) atoms. The first-order chi connectivity index (χ1) is 9.60. The van der Waals surface area contributed by atoms with Gasteiger partial charge >= 0.3 is 0 Å². The summed E-state index contributed by atoms with van der Waals surface area (Å²) >= 11 is 6.05. The molecule has 110 valence electrons. The van der Waals surface area contributed by atoms with E-state index in [0.717, 1.165) is 32.7 Å². The zero-order chi connectivity index (χ0) is 14.5. The van der Waals surface area contributed by atoms with E-state index < -0.39 is 0 Å². The number of carbonyl (C=O) groups excluding carboxylic acids is 1. The molecule has 2 rings (SSSR count). The Morgan fingerprint density at radius 2 is 2.00 bits per heavy atom. The van der Waals surface area contributed by atoms with Crippen LogP contribution >= 0.6 is 11.6 Å². The molecule has 1 heterocycles. The Bertz CT molecular complexity index is 471. The van der Waals surface area contributed by atoms with E-state index >= 15 is 0 Å². The molecule has 0 bridgehead atoms. The van der Waals surface area contributed by atoms with Crippen molar-refractivity contribution in [3.05, 3.63) is 28.8 Å². The van der Waals surface area contributed by atoms with Crippen LogP contribution in [0.15, 0.2) is 18.2 Å². The third-order valence-electron chi connectivity index (χ3n) is 3.72. The van der Waals surface area contributed by atoms with E-state index in [-0.39, 0.29) is 5.78 Å². The molecule has 0 spiro atoms. The third kappa shape index (κ3) is 3.95. The SMILES string of the molecule is COc1ccc(C(=O)CCN2CCN(C)CC2)cc1Cl. The molecule has 0 aromatic heterocycles. The van der Waals surface area contributed by atoms with Crippen LogP contribution in [0.25, 0.3) is 0 Å². The molecular weight excluding hydrogens is 276 g/mol. The summed E-state index contributed by atoms with van der Waals surface area (Å²) in [7, 11) is 3.69. The molecule has 4 nitrogen and oxygen atoms in total. The Balaban J connectivity index is 1.87. The van der Waals surface area contributed by atoms with Crippen LogP contribution in [-0.4, -0.2) is 62.5 Å².